The predicted octanol–water partition coefficient (Wildman–Crippen LogP) is 1.98. The van der Waals surface area contributed by atoms with Gasteiger partial charge in [0.15, 0.2) is 0 Å². The van der Waals surface area contributed by atoms with Crippen molar-refractivity contribution in [2.75, 3.05) is 13.2 Å². The Hall–Kier alpha value is -0.860. The van der Waals surface area contributed by atoms with Gasteiger partial charge in [-0.25, -0.2) is 18.4 Å². The summed E-state index contributed by atoms with van der Waals surface area (Å²) in [7, 11) is -4.06. The van der Waals surface area contributed by atoms with E-state index in [1.807, 2.05) is 0 Å². The van der Waals surface area contributed by atoms with Gasteiger partial charge in [0, 0.05) is 6.61 Å². The Morgan fingerprint density at radius 2 is 2.14 bits per heavy atom. The first-order valence-corrected chi connectivity index (χ1v) is 8.40. The number of rotatable bonds is 4. The van der Waals surface area contributed by atoms with E-state index in [4.69, 9.17) is 37.8 Å². The van der Waals surface area contributed by atoms with Crippen molar-refractivity contribution in [3.8, 4) is 0 Å². The van der Waals surface area contributed by atoms with Crippen molar-refractivity contribution in [3.05, 3.63) is 27.7 Å². The Kier molecular flexibility index (Phi) is 5.11. The second kappa shape index (κ2) is 6.50. The summed E-state index contributed by atoms with van der Waals surface area (Å²) in [6, 6.07) is 2.37. The lowest BCUT2D eigenvalue weighted by molar-refractivity contribution is 0.0161. The summed E-state index contributed by atoms with van der Waals surface area (Å²) < 4.78 is 33.2. The van der Waals surface area contributed by atoms with Crippen LogP contribution in [0.5, 0.6) is 0 Å². The normalized spacial score (nSPS) is 18.7. The first-order chi connectivity index (χ1) is 9.80. The highest BCUT2D eigenvalue weighted by Gasteiger charge is 2.25. The van der Waals surface area contributed by atoms with Crippen LogP contribution in [0.2, 0.25) is 10.0 Å². The lowest BCUT2D eigenvalue weighted by Gasteiger charge is -2.13. The van der Waals surface area contributed by atoms with Gasteiger partial charge in [-0.05, 0) is 25.0 Å². The fourth-order valence-electron chi connectivity index (χ4n) is 1.96. The quantitative estimate of drug-likeness (QED) is 0.834. The molecule has 116 valence electrons. The molecule has 2 rings (SSSR count). The topological polar surface area (TPSA) is 95.7 Å². The second-order valence-electron chi connectivity index (χ2n) is 4.51. The molecule has 0 saturated carbocycles. The molecule has 1 unspecified atom stereocenters. The highest BCUT2D eigenvalue weighted by atomic mass is 35.5. The largest absolute Gasteiger partial charge is 0.459 e. The third kappa shape index (κ3) is 3.87. The molecule has 1 aliphatic heterocycles. The second-order valence-corrected chi connectivity index (χ2v) is 6.83. The number of esters is 1. The molecule has 1 aliphatic rings. The van der Waals surface area contributed by atoms with Crippen LogP contribution < -0.4 is 5.14 Å². The number of benzene rings is 1. The van der Waals surface area contributed by atoms with Gasteiger partial charge in [-0.3, -0.25) is 0 Å². The lowest BCUT2D eigenvalue weighted by atomic mass is 10.2. The van der Waals surface area contributed by atoms with E-state index in [2.05, 4.69) is 0 Å². The highest BCUT2D eigenvalue weighted by molar-refractivity contribution is 7.89. The SMILES string of the molecule is NS(=O)(=O)c1ccc(Cl)c(C(=O)OCC2CCCO2)c1Cl. The molecule has 2 N–H and O–H groups in total. The lowest BCUT2D eigenvalue weighted by Crippen LogP contribution is -2.19. The molecule has 1 heterocycles. The summed E-state index contributed by atoms with van der Waals surface area (Å²) in [4.78, 5) is 11.7. The molecular formula is C12H13Cl2NO5S. The van der Waals surface area contributed by atoms with Crippen molar-refractivity contribution in [1.29, 1.82) is 0 Å². The van der Waals surface area contributed by atoms with Crippen molar-refractivity contribution in [2.45, 2.75) is 23.8 Å². The van der Waals surface area contributed by atoms with E-state index in [1.54, 1.807) is 0 Å². The van der Waals surface area contributed by atoms with Crippen molar-refractivity contribution in [3.63, 3.8) is 0 Å². The molecule has 1 atom stereocenters. The number of sulfonamides is 1. The summed E-state index contributed by atoms with van der Waals surface area (Å²) in [6.07, 6.45) is 1.55. The minimum atomic E-state index is -4.06. The van der Waals surface area contributed by atoms with Crippen LogP contribution in [0.1, 0.15) is 23.2 Å². The Bertz CT molecular complexity index is 656. The van der Waals surface area contributed by atoms with Crippen molar-refractivity contribution in [1.82, 2.24) is 0 Å². The number of carbonyl (C=O) groups is 1. The van der Waals surface area contributed by atoms with Gasteiger partial charge in [0.1, 0.15) is 11.5 Å². The molecule has 0 bridgehead atoms. The summed E-state index contributed by atoms with van der Waals surface area (Å²) in [5.41, 5.74) is -0.220. The van der Waals surface area contributed by atoms with Crippen LogP contribution >= 0.6 is 23.2 Å². The maximum Gasteiger partial charge on any atom is 0.341 e. The maximum absolute atomic E-state index is 12.0. The molecule has 1 aromatic carbocycles. The molecule has 0 amide bonds. The van der Waals surface area contributed by atoms with Gasteiger partial charge in [-0.1, -0.05) is 23.2 Å². The smallest absolute Gasteiger partial charge is 0.341 e. The Morgan fingerprint density at radius 1 is 1.43 bits per heavy atom. The van der Waals surface area contributed by atoms with Crippen molar-refractivity contribution >= 4 is 39.2 Å². The van der Waals surface area contributed by atoms with Crippen LogP contribution in [0.15, 0.2) is 17.0 Å². The number of halogens is 2. The van der Waals surface area contributed by atoms with E-state index < -0.39 is 16.0 Å². The van der Waals surface area contributed by atoms with Crippen LogP contribution in [0.25, 0.3) is 0 Å². The predicted molar refractivity (Wildman–Crippen MR) is 77.1 cm³/mol. The molecule has 1 saturated heterocycles. The van der Waals surface area contributed by atoms with Gasteiger partial charge in [0.25, 0.3) is 0 Å². The Labute approximate surface area is 132 Å². The van der Waals surface area contributed by atoms with E-state index >= 15 is 0 Å². The van der Waals surface area contributed by atoms with Gasteiger partial charge in [0.2, 0.25) is 10.0 Å². The van der Waals surface area contributed by atoms with Crippen LogP contribution in [0.4, 0.5) is 0 Å². The van der Waals surface area contributed by atoms with E-state index in [-0.39, 0.29) is 33.2 Å². The summed E-state index contributed by atoms with van der Waals surface area (Å²) in [6.45, 7) is 0.690. The molecule has 21 heavy (non-hydrogen) atoms. The minimum Gasteiger partial charge on any atom is -0.459 e. The summed E-state index contributed by atoms with van der Waals surface area (Å²) in [5.74, 6) is -0.814. The number of hydrogen-bond acceptors (Lipinski definition) is 5. The van der Waals surface area contributed by atoms with Crippen LogP contribution in [0.3, 0.4) is 0 Å². The van der Waals surface area contributed by atoms with Crippen molar-refractivity contribution in [2.24, 2.45) is 5.14 Å². The van der Waals surface area contributed by atoms with Crippen LogP contribution in [-0.4, -0.2) is 33.7 Å². The van der Waals surface area contributed by atoms with E-state index in [0.717, 1.165) is 18.9 Å². The average molecular weight is 354 g/mol. The Morgan fingerprint density at radius 3 is 2.71 bits per heavy atom. The van der Waals surface area contributed by atoms with Gasteiger partial charge >= 0.3 is 5.97 Å². The number of ether oxygens (including phenoxy) is 2. The molecule has 1 fully saturated rings. The van der Waals surface area contributed by atoms with E-state index in [0.29, 0.717) is 6.61 Å². The number of carbonyl (C=O) groups excluding carboxylic acids is 1. The zero-order valence-electron chi connectivity index (χ0n) is 10.8. The third-order valence-electron chi connectivity index (χ3n) is 2.99. The first kappa shape index (κ1) is 16.5. The number of hydrogen-bond donors (Lipinski definition) is 1. The fourth-order valence-corrected chi connectivity index (χ4v) is 3.41. The third-order valence-corrected chi connectivity index (χ3v) is 4.76. The molecule has 0 spiro atoms. The fraction of sp³-hybridized carbons (Fsp3) is 0.417. The van der Waals surface area contributed by atoms with E-state index in [1.165, 1.54) is 6.07 Å². The van der Waals surface area contributed by atoms with Gasteiger partial charge < -0.3 is 9.47 Å². The Balaban J connectivity index is 2.23. The minimum absolute atomic E-state index is 0.00950. The molecule has 0 radical (unpaired) electrons. The summed E-state index contributed by atoms with van der Waals surface area (Å²) in [5, 5.41) is 4.67. The van der Waals surface area contributed by atoms with Gasteiger partial charge in [-0.2, -0.15) is 0 Å². The molecule has 0 aromatic heterocycles. The monoisotopic (exact) mass is 353 g/mol. The van der Waals surface area contributed by atoms with Crippen molar-refractivity contribution < 1.29 is 22.7 Å². The number of nitrogens with two attached hydrogens (primary N) is 1. The molecular weight excluding hydrogens is 341 g/mol. The molecule has 9 heteroatoms. The molecule has 6 nitrogen and oxygen atoms in total. The average Bonchev–Trinajstić information content (AvgIpc) is 2.87. The first-order valence-electron chi connectivity index (χ1n) is 6.10. The van der Waals surface area contributed by atoms with Crippen LogP contribution in [0, 0.1) is 0 Å². The molecule has 0 aliphatic carbocycles. The zero-order chi connectivity index (χ0) is 15.6. The van der Waals surface area contributed by atoms with Gasteiger partial charge in [0.05, 0.1) is 21.7 Å². The standard InChI is InChI=1S/C12H13Cl2NO5S/c13-8-3-4-9(21(15,17)18)11(14)10(8)12(16)20-6-7-2-1-5-19-7/h3-4,7H,1-2,5-6H2,(H2,15,17,18). The molecule has 1 aromatic rings. The maximum atomic E-state index is 12.0. The summed E-state index contributed by atoms with van der Waals surface area (Å²) >= 11 is 11.8. The zero-order valence-corrected chi connectivity index (χ0v) is 13.2. The van der Waals surface area contributed by atoms with Crippen LogP contribution in [-0.2, 0) is 19.5 Å². The number of primary sulfonamides is 1. The van der Waals surface area contributed by atoms with Gasteiger partial charge in [-0.15, -0.1) is 0 Å². The highest BCUT2D eigenvalue weighted by Crippen LogP contribution is 2.31. The van der Waals surface area contributed by atoms with E-state index in [9.17, 15) is 13.2 Å².